The number of carbonyl (C=O) groups is 2. The summed E-state index contributed by atoms with van der Waals surface area (Å²) in [5, 5.41) is 0. The highest BCUT2D eigenvalue weighted by Gasteiger charge is 2.24. The average Bonchev–Trinajstić information content (AvgIpc) is 3.07. The Balaban J connectivity index is 1.32. The summed E-state index contributed by atoms with van der Waals surface area (Å²) in [6.45, 7) is 4.38. The zero-order chi connectivity index (χ0) is 20.2. The van der Waals surface area contributed by atoms with Crippen molar-refractivity contribution < 1.29 is 23.8 Å². The largest absolute Gasteiger partial charge is 0.484 e. The quantitative estimate of drug-likeness (QED) is 0.794. The van der Waals surface area contributed by atoms with Gasteiger partial charge in [-0.3, -0.25) is 9.59 Å². The second-order valence-corrected chi connectivity index (χ2v) is 7.20. The van der Waals surface area contributed by atoms with Gasteiger partial charge in [0.05, 0.1) is 0 Å². The Hall–Kier alpha value is -3.22. The van der Waals surface area contributed by atoms with Crippen LogP contribution in [0.5, 0.6) is 17.2 Å². The molecule has 0 unspecified atom stereocenters. The summed E-state index contributed by atoms with van der Waals surface area (Å²) < 4.78 is 16.3. The number of benzene rings is 2. The van der Waals surface area contributed by atoms with Gasteiger partial charge in [-0.15, -0.1) is 0 Å². The van der Waals surface area contributed by atoms with Crippen molar-refractivity contribution in [2.75, 3.05) is 39.6 Å². The number of aryl methyl sites for hydroxylation is 1. The molecule has 2 aromatic rings. The maximum Gasteiger partial charge on any atom is 0.260 e. The zero-order valence-corrected chi connectivity index (χ0v) is 16.4. The molecule has 0 saturated carbocycles. The third-order valence-electron chi connectivity index (χ3n) is 5.14. The molecule has 0 atom stereocenters. The lowest BCUT2D eigenvalue weighted by Gasteiger charge is -2.22. The van der Waals surface area contributed by atoms with Crippen LogP contribution in [0.3, 0.4) is 0 Å². The molecule has 0 bridgehead atoms. The molecule has 2 amide bonds. The van der Waals surface area contributed by atoms with E-state index in [4.69, 9.17) is 14.2 Å². The molecule has 2 heterocycles. The minimum atomic E-state index is -0.0667. The summed E-state index contributed by atoms with van der Waals surface area (Å²) in [5.74, 6) is 1.80. The number of hydrogen-bond acceptors (Lipinski definition) is 5. The number of carbonyl (C=O) groups excluding carboxylic acids is 2. The van der Waals surface area contributed by atoms with Crippen LogP contribution in [0.4, 0.5) is 0 Å². The van der Waals surface area contributed by atoms with Crippen molar-refractivity contribution in [1.82, 2.24) is 9.80 Å². The molecule has 0 aliphatic carbocycles. The molecule has 1 saturated heterocycles. The van der Waals surface area contributed by atoms with Gasteiger partial charge in [0.15, 0.2) is 18.1 Å². The van der Waals surface area contributed by atoms with E-state index < -0.39 is 0 Å². The van der Waals surface area contributed by atoms with Gasteiger partial charge < -0.3 is 24.0 Å². The van der Waals surface area contributed by atoms with E-state index in [0.717, 1.165) is 12.0 Å². The summed E-state index contributed by atoms with van der Waals surface area (Å²) in [4.78, 5) is 28.9. The third-order valence-corrected chi connectivity index (χ3v) is 5.14. The molecule has 0 radical (unpaired) electrons. The molecule has 0 N–H and O–H groups in total. The summed E-state index contributed by atoms with van der Waals surface area (Å²) >= 11 is 0. The monoisotopic (exact) mass is 396 g/mol. The highest BCUT2D eigenvalue weighted by atomic mass is 16.7. The summed E-state index contributed by atoms with van der Waals surface area (Å²) in [7, 11) is 0. The number of hydrogen-bond donors (Lipinski definition) is 0. The van der Waals surface area contributed by atoms with Gasteiger partial charge in [-0.1, -0.05) is 17.7 Å². The van der Waals surface area contributed by atoms with Crippen LogP contribution in [0.25, 0.3) is 0 Å². The van der Waals surface area contributed by atoms with Gasteiger partial charge >= 0.3 is 0 Å². The van der Waals surface area contributed by atoms with Crippen molar-refractivity contribution >= 4 is 11.8 Å². The van der Waals surface area contributed by atoms with Crippen molar-refractivity contribution in [2.45, 2.75) is 13.3 Å². The van der Waals surface area contributed by atoms with E-state index in [1.54, 1.807) is 28.0 Å². The maximum atomic E-state index is 12.9. The fourth-order valence-corrected chi connectivity index (χ4v) is 3.45. The second-order valence-electron chi connectivity index (χ2n) is 7.20. The van der Waals surface area contributed by atoms with Crippen LogP contribution in [-0.4, -0.2) is 61.2 Å². The Kier molecular flexibility index (Phi) is 5.55. The molecule has 0 aromatic heterocycles. The first-order chi connectivity index (χ1) is 14.1. The molecule has 29 heavy (non-hydrogen) atoms. The minimum Gasteiger partial charge on any atom is -0.484 e. The number of nitrogens with zero attached hydrogens (tertiary/aromatic N) is 2. The van der Waals surface area contributed by atoms with Gasteiger partial charge in [-0.05, 0) is 43.7 Å². The van der Waals surface area contributed by atoms with Crippen LogP contribution in [0.1, 0.15) is 22.3 Å². The minimum absolute atomic E-state index is 0.000825. The lowest BCUT2D eigenvalue weighted by atomic mass is 10.1. The van der Waals surface area contributed by atoms with Crippen LogP contribution in [-0.2, 0) is 4.79 Å². The van der Waals surface area contributed by atoms with Crippen LogP contribution in [0.15, 0.2) is 42.5 Å². The highest BCUT2D eigenvalue weighted by molar-refractivity contribution is 5.95. The van der Waals surface area contributed by atoms with Gasteiger partial charge in [0.1, 0.15) is 5.75 Å². The number of amides is 2. The molecule has 2 aliphatic heterocycles. The van der Waals surface area contributed by atoms with Crippen molar-refractivity contribution in [2.24, 2.45) is 0 Å². The first kappa shape index (κ1) is 19.1. The zero-order valence-electron chi connectivity index (χ0n) is 16.4. The summed E-state index contributed by atoms with van der Waals surface area (Å²) in [6.07, 6.45) is 0.729. The van der Waals surface area contributed by atoms with Crippen molar-refractivity contribution in [3.05, 3.63) is 53.6 Å². The van der Waals surface area contributed by atoms with Gasteiger partial charge in [0.2, 0.25) is 6.79 Å². The number of ether oxygens (including phenoxy) is 3. The van der Waals surface area contributed by atoms with Crippen LogP contribution in [0.2, 0.25) is 0 Å². The number of fused-ring (bicyclic) bond motifs is 1. The average molecular weight is 396 g/mol. The molecule has 4 rings (SSSR count). The Morgan fingerprint density at radius 2 is 1.66 bits per heavy atom. The molecule has 1 fully saturated rings. The standard InChI is InChI=1S/C22H24N2O5/c1-16-3-6-18(7-4-16)27-14-21(25)23-9-2-10-24(12-11-23)22(26)17-5-8-19-20(13-17)29-15-28-19/h3-8,13H,2,9-12,14-15H2,1H3. The Labute approximate surface area is 169 Å². The van der Waals surface area contributed by atoms with E-state index in [2.05, 4.69) is 0 Å². The van der Waals surface area contributed by atoms with E-state index in [1.165, 1.54) is 0 Å². The van der Waals surface area contributed by atoms with E-state index in [1.807, 2.05) is 31.2 Å². The van der Waals surface area contributed by atoms with E-state index in [9.17, 15) is 9.59 Å². The van der Waals surface area contributed by atoms with Crippen LogP contribution < -0.4 is 14.2 Å². The van der Waals surface area contributed by atoms with Gasteiger partial charge in [-0.2, -0.15) is 0 Å². The lowest BCUT2D eigenvalue weighted by Crippen LogP contribution is -2.39. The van der Waals surface area contributed by atoms with Gasteiger partial charge in [-0.25, -0.2) is 0 Å². The fourth-order valence-electron chi connectivity index (χ4n) is 3.45. The molecule has 7 nitrogen and oxygen atoms in total. The van der Waals surface area contributed by atoms with Crippen molar-refractivity contribution in [3.63, 3.8) is 0 Å². The predicted octanol–water partition coefficient (Wildman–Crippen LogP) is 2.48. The van der Waals surface area contributed by atoms with Gasteiger partial charge in [0.25, 0.3) is 11.8 Å². The van der Waals surface area contributed by atoms with Crippen molar-refractivity contribution in [1.29, 1.82) is 0 Å². The third kappa shape index (κ3) is 4.45. The molecule has 152 valence electrons. The molecule has 2 aliphatic rings. The first-order valence-corrected chi connectivity index (χ1v) is 9.76. The molecule has 0 spiro atoms. The molecular weight excluding hydrogens is 372 g/mol. The highest BCUT2D eigenvalue weighted by Crippen LogP contribution is 2.32. The van der Waals surface area contributed by atoms with Crippen molar-refractivity contribution in [3.8, 4) is 17.2 Å². The lowest BCUT2D eigenvalue weighted by molar-refractivity contribution is -0.133. The summed E-state index contributed by atoms with van der Waals surface area (Å²) in [6, 6.07) is 12.8. The van der Waals surface area contributed by atoms with E-state index >= 15 is 0 Å². The van der Waals surface area contributed by atoms with E-state index in [0.29, 0.717) is 49.0 Å². The molecule has 7 heteroatoms. The first-order valence-electron chi connectivity index (χ1n) is 9.76. The Bertz CT molecular complexity index is 897. The maximum absolute atomic E-state index is 12.9. The number of rotatable bonds is 4. The van der Waals surface area contributed by atoms with Crippen LogP contribution >= 0.6 is 0 Å². The predicted molar refractivity (Wildman–Crippen MR) is 106 cm³/mol. The molecular formula is C22H24N2O5. The smallest absolute Gasteiger partial charge is 0.260 e. The molecule has 2 aromatic carbocycles. The SMILES string of the molecule is Cc1ccc(OCC(=O)N2CCCN(C(=O)c3ccc4c(c3)OCO4)CC2)cc1. The normalized spacial score (nSPS) is 15.8. The topological polar surface area (TPSA) is 68.3 Å². The Morgan fingerprint density at radius 1 is 0.931 bits per heavy atom. The second kappa shape index (κ2) is 8.43. The summed E-state index contributed by atoms with van der Waals surface area (Å²) in [5.41, 5.74) is 1.71. The van der Waals surface area contributed by atoms with Crippen LogP contribution in [0, 0.1) is 6.92 Å². The van der Waals surface area contributed by atoms with Gasteiger partial charge in [0, 0.05) is 31.7 Å². The van der Waals surface area contributed by atoms with E-state index in [-0.39, 0.29) is 25.2 Å². The Morgan fingerprint density at radius 3 is 2.48 bits per heavy atom. The fraction of sp³-hybridized carbons (Fsp3) is 0.364.